The van der Waals surface area contributed by atoms with Crippen LogP contribution in [0.15, 0.2) is 33.8 Å². The summed E-state index contributed by atoms with van der Waals surface area (Å²) in [5.74, 6) is 0.480. The lowest BCUT2D eigenvalue weighted by molar-refractivity contribution is 1.08. The van der Waals surface area contributed by atoms with Crippen molar-refractivity contribution in [2.75, 3.05) is 0 Å². The van der Waals surface area contributed by atoms with Crippen LogP contribution in [-0.2, 0) is 0 Å². The van der Waals surface area contributed by atoms with E-state index in [1.54, 1.807) is 12.3 Å². The maximum Gasteiger partial charge on any atom is 0.264 e. The molecule has 4 nitrogen and oxygen atoms in total. The minimum absolute atomic E-state index is 0.148. The van der Waals surface area contributed by atoms with Gasteiger partial charge in [-0.25, -0.2) is 4.98 Å². The monoisotopic (exact) mass is 377 g/mol. The standard InChI is InChI=1S/C9H5BrIN3O/c10-5-1-2-7(12-3-5)8-13-4-6(11)9(15)14-8/h1-4H,(H,13,14,15). The van der Waals surface area contributed by atoms with E-state index < -0.39 is 0 Å². The Morgan fingerprint density at radius 3 is 2.67 bits per heavy atom. The smallest absolute Gasteiger partial charge is 0.264 e. The summed E-state index contributed by atoms with van der Waals surface area (Å²) in [6, 6.07) is 3.63. The molecule has 2 heterocycles. The van der Waals surface area contributed by atoms with Crippen molar-refractivity contribution in [2.24, 2.45) is 0 Å². The van der Waals surface area contributed by atoms with Crippen molar-refractivity contribution in [2.45, 2.75) is 0 Å². The lowest BCUT2D eigenvalue weighted by Crippen LogP contribution is -2.11. The third kappa shape index (κ3) is 2.43. The number of hydrogen-bond acceptors (Lipinski definition) is 3. The van der Waals surface area contributed by atoms with Gasteiger partial charge in [0.15, 0.2) is 5.82 Å². The molecule has 0 unspecified atom stereocenters. The number of rotatable bonds is 1. The van der Waals surface area contributed by atoms with Crippen molar-refractivity contribution in [3.8, 4) is 11.5 Å². The second kappa shape index (κ2) is 4.40. The summed E-state index contributed by atoms with van der Waals surface area (Å²) >= 11 is 5.22. The van der Waals surface area contributed by atoms with E-state index in [-0.39, 0.29) is 5.56 Å². The highest BCUT2D eigenvalue weighted by atomic mass is 127. The minimum Gasteiger partial charge on any atom is -0.304 e. The second-order valence-corrected chi connectivity index (χ2v) is 4.85. The molecule has 0 saturated carbocycles. The number of aromatic nitrogens is 3. The van der Waals surface area contributed by atoms with Crippen molar-refractivity contribution in [3.05, 3.63) is 42.9 Å². The molecule has 0 aliphatic carbocycles. The molecule has 2 aromatic heterocycles. The summed E-state index contributed by atoms with van der Waals surface area (Å²) in [6.07, 6.45) is 3.19. The van der Waals surface area contributed by atoms with E-state index >= 15 is 0 Å². The van der Waals surface area contributed by atoms with Crippen molar-refractivity contribution in [3.63, 3.8) is 0 Å². The van der Waals surface area contributed by atoms with Gasteiger partial charge in [-0.2, -0.15) is 0 Å². The van der Waals surface area contributed by atoms with E-state index in [4.69, 9.17) is 0 Å². The van der Waals surface area contributed by atoms with Gasteiger partial charge in [0.05, 0.1) is 3.57 Å². The second-order valence-electron chi connectivity index (χ2n) is 2.77. The van der Waals surface area contributed by atoms with Crippen LogP contribution in [0, 0.1) is 3.57 Å². The molecule has 0 aliphatic heterocycles. The van der Waals surface area contributed by atoms with E-state index in [1.807, 2.05) is 28.7 Å². The van der Waals surface area contributed by atoms with E-state index in [9.17, 15) is 4.79 Å². The van der Waals surface area contributed by atoms with Crippen LogP contribution in [0.25, 0.3) is 11.5 Å². The van der Waals surface area contributed by atoms with E-state index in [2.05, 4.69) is 30.9 Å². The van der Waals surface area contributed by atoms with Crippen LogP contribution in [0.1, 0.15) is 0 Å². The summed E-state index contributed by atoms with van der Waals surface area (Å²) in [5.41, 5.74) is 0.497. The molecular weight excluding hydrogens is 373 g/mol. The highest BCUT2D eigenvalue weighted by Gasteiger charge is 2.03. The number of aromatic amines is 1. The highest BCUT2D eigenvalue weighted by molar-refractivity contribution is 14.1. The van der Waals surface area contributed by atoms with Gasteiger partial charge in [-0.3, -0.25) is 9.78 Å². The molecule has 0 amide bonds. The van der Waals surface area contributed by atoms with Crippen LogP contribution in [-0.4, -0.2) is 15.0 Å². The number of nitrogens with zero attached hydrogens (tertiary/aromatic N) is 2. The quantitative estimate of drug-likeness (QED) is 0.775. The summed E-state index contributed by atoms with van der Waals surface area (Å²) in [7, 11) is 0. The van der Waals surface area contributed by atoms with Crippen LogP contribution < -0.4 is 5.56 Å². The molecule has 0 spiro atoms. The van der Waals surface area contributed by atoms with Crippen LogP contribution in [0.5, 0.6) is 0 Å². The van der Waals surface area contributed by atoms with Gasteiger partial charge in [0.1, 0.15) is 5.69 Å². The molecule has 0 aliphatic rings. The molecule has 2 rings (SSSR count). The largest absolute Gasteiger partial charge is 0.304 e. The third-order valence-electron chi connectivity index (χ3n) is 1.73. The first-order chi connectivity index (χ1) is 7.16. The molecule has 6 heteroatoms. The van der Waals surface area contributed by atoms with Crippen LogP contribution >= 0.6 is 38.5 Å². The molecule has 2 aromatic rings. The molecule has 1 N–H and O–H groups in total. The van der Waals surface area contributed by atoms with Crippen molar-refractivity contribution in [1.82, 2.24) is 15.0 Å². The fourth-order valence-electron chi connectivity index (χ4n) is 1.03. The summed E-state index contributed by atoms with van der Waals surface area (Å²) < 4.78 is 1.45. The maximum absolute atomic E-state index is 11.3. The Labute approximate surface area is 107 Å². The van der Waals surface area contributed by atoms with Crippen LogP contribution in [0.2, 0.25) is 0 Å². The Hall–Kier alpha value is -0.760. The summed E-state index contributed by atoms with van der Waals surface area (Å²) in [6.45, 7) is 0. The fraction of sp³-hybridized carbons (Fsp3) is 0. The number of nitrogens with one attached hydrogen (secondary N) is 1. The maximum atomic E-state index is 11.3. The first kappa shape index (κ1) is 10.7. The van der Waals surface area contributed by atoms with Crippen LogP contribution in [0.4, 0.5) is 0 Å². The summed E-state index contributed by atoms with van der Waals surface area (Å²) in [5, 5.41) is 0. The zero-order valence-electron chi connectivity index (χ0n) is 7.37. The van der Waals surface area contributed by atoms with Gasteiger partial charge >= 0.3 is 0 Å². The lowest BCUT2D eigenvalue weighted by Gasteiger charge is -1.99. The van der Waals surface area contributed by atoms with E-state index in [0.717, 1.165) is 4.47 Å². The van der Waals surface area contributed by atoms with Gasteiger partial charge in [0, 0.05) is 16.9 Å². The normalized spacial score (nSPS) is 10.3. The molecule has 0 radical (unpaired) electrons. The average Bonchev–Trinajstić information content (AvgIpc) is 2.23. The molecule has 76 valence electrons. The molecule has 0 aromatic carbocycles. The zero-order valence-corrected chi connectivity index (χ0v) is 11.1. The lowest BCUT2D eigenvalue weighted by atomic mass is 10.3. The Morgan fingerprint density at radius 2 is 2.07 bits per heavy atom. The Balaban J connectivity index is 2.50. The predicted molar refractivity (Wildman–Crippen MR) is 68.5 cm³/mol. The van der Waals surface area contributed by atoms with Gasteiger partial charge in [-0.15, -0.1) is 0 Å². The Bertz CT molecular complexity index is 538. The highest BCUT2D eigenvalue weighted by Crippen LogP contribution is 2.13. The van der Waals surface area contributed by atoms with E-state index in [0.29, 0.717) is 15.1 Å². The molecule has 0 bridgehead atoms. The number of pyridine rings is 1. The Morgan fingerprint density at radius 1 is 1.27 bits per heavy atom. The van der Waals surface area contributed by atoms with Gasteiger partial charge in [0.2, 0.25) is 0 Å². The molecule has 15 heavy (non-hydrogen) atoms. The summed E-state index contributed by atoms with van der Waals surface area (Å²) in [4.78, 5) is 22.2. The van der Waals surface area contributed by atoms with Gasteiger partial charge in [0.25, 0.3) is 5.56 Å². The molecule has 0 atom stereocenters. The number of hydrogen-bond donors (Lipinski definition) is 1. The predicted octanol–water partition coefficient (Wildman–Crippen LogP) is 2.20. The first-order valence-electron chi connectivity index (χ1n) is 4.03. The van der Waals surface area contributed by atoms with Crippen molar-refractivity contribution in [1.29, 1.82) is 0 Å². The van der Waals surface area contributed by atoms with Gasteiger partial charge in [-0.05, 0) is 50.7 Å². The number of H-pyrrole nitrogens is 1. The van der Waals surface area contributed by atoms with E-state index in [1.165, 1.54) is 6.20 Å². The molecule has 0 fully saturated rings. The van der Waals surface area contributed by atoms with Crippen molar-refractivity contribution < 1.29 is 0 Å². The topological polar surface area (TPSA) is 58.6 Å². The SMILES string of the molecule is O=c1[nH]c(-c2ccc(Br)cn2)ncc1I. The average molecular weight is 378 g/mol. The Kier molecular flexibility index (Phi) is 3.15. The van der Waals surface area contributed by atoms with Crippen LogP contribution in [0.3, 0.4) is 0 Å². The molecule has 0 saturated heterocycles. The minimum atomic E-state index is -0.148. The van der Waals surface area contributed by atoms with Gasteiger partial charge < -0.3 is 4.98 Å². The molecular formula is C9H5BrIN3O. The van der Waals surface area contributed by atoms with Gasteiger partial charge in [-0.1, -0.05) is 0 Å². The fourth-order valence-corrected chi connectivity index (χ4v) is 1.53. The third-order valence-corrected chi connectivity index (χ3v) is 2.96. The zero-order chi connectivity index (χ0) is 10.8. The first-order valence-corrected chi connectivity index (χ1v) is 5.91. The number of halogens is 2. The van der Waals surface area contributed by atoms with Crippen molar-refractivity contribution >= 4 is 38.5 Å².